The molecule has 2 heterocycles. The van der Waals surface area contributed by atoms with Gasteiger partial charge in [-0.25, -0.2) is 4.68 Å². The normalized spacial score (nSPS) is 18.5. The number of hydrogen-bond acceptors (Lipinski definition) is 6. The van der Waals surface area contributed by atoms with E-state index in [1.165, 1.54) is 11.9 Å². The van der Waals surface area contributed by atoms with Crippen molar-refractivity contribution in [1.82, 2.24) is 14.8 Å². The molecule has 0 bridgehead atoms. The average Bonchev–Trinajstić information content (AvgIpc) is 3.25. The Morgan fingerprint density at radius 1 is 1.20 bits per heavy atom. The lowest BCUT2D eigenvalue weighted by Gasteiger charge is -2.38. The second kappa shape index (κ2) is 9.15. The molecule has 0 amide bonds. The van der Waals surface area contributed by atoms with Crippen molar-refractivity contribution in [2.45, 2.75) is 53.2 Å². The van der Waals surface area contributed by atoms with Crippen LogP contribution in [0.1, 0.15) is 56.3 Å². The van der Waals surface area contributed by atoms with Crippen LogP contribution in [-0.2, 0) is 11.4 Å². The van der Waals surface area contributed by atoms with Crippen LogP contribution in [0.2, 0.25) is 0 Å². The van der Waals surface area contributed by atoms with Crippen LogP contribution < -0.4 is 14.8 Å². The second-order valence-electron chi connectivity index (χ2n) is 9.87. The number of aromatic nitrogens is 3. The van der Waals surface area contributed by atoms with Gasteiger partial charge in [0.2, 0.25) is 5.95 Å². The Hall–Kier alpha value is -3.13. The predicted molar refractivity (Wildman–Crippen MR) is 138 cm³/mol. The van der Waals surface area contributed by atoms with Gasteiger partial charge in [-0.1, -0.05) is 38.1 Å². The van der Waals surface area contributed by atoms with Crippen LogP contribution in [0.4, 0.5) is 5.95 Å². The molecule has 182 valence electrons. The van der Waals surface area contributed by atoms with Crippen molar-refractivity contribution in [3.63, 3.8) is 0 Å². The Kier molecular flexibility index (Phi) is 6.17. The summed E-state index contributed by atoms with van der Waals surface area (Å²) in [7, 11) is 0. The van der Waals surface area contributed by atoms with Crippen LogP contribution in [-0.4, -0.2) is 27.2 Å². The van der Waals surface area contributed by atoms with Crippen molar-refractivity contribution < 1.29 is 14.3 Å². The summed E-state index contributed by atoms with van der Waals surface area (Å²) in [5, 5.41) is 7.81. The van der Waals surface area contributed by atoms with E-state index in [9.17, 15) is 4.79 Å². The maximum Gasteiger partial charge on any atom is 0.226 e. The van der Waals surface area contributed by atoms with Crippen molar-refractivity contribution in [3.05, 3.63) is 75.2 Å². The molecule has 1 atom stereocenters. The van der Waals surface area contributed by atoms with E-state index in [0.717, 1.165) is 33.3 Å². The fourth-order valence-corrected chi connectivity index (χ4v) is 5.50. The van der Waals surface area contributed by atoms with E-state index in [1.54, 1.807) is 4.68 Å². The first-order valence-corrected chi connectivity index (χ1v) is 12.6. The molecule has 1 unspecified atom stereocenters. The number of rotatable bonds is 6. The van der Waals surface area contributed by atoms with Gasteiger partial charge < -0.3 is 14.8 Å². The molecule has 1 aliphatic heterocycles. The summed E-state index contributed by atoms with van der Waals surface area (Å²) in [6, 6.07) is 11.7. The number of fused-ring (bicyclic) bond motifs is 1. The minimum atomic E-state index is -0.395. The maximum absolute atomic E-state index is 13.4. The molecule has 1 N–H and O–H groups in total. The van der Waals surface area contributed by atoms with Gasteiger partial charge >= 0.3 is 0 Å². The number of Topliss-reactive ketones (excluding diaryl/α,β-unsaturated/α-hetero) is 1. The number of anilines is 1. The number of ether oxygens (including phenoxy) is 2. The lowest BCUT2D eigenvalue weighted by atomic mass is 9.73. The molecule has 2 aliphatic rings. The Morgan fingerprint density at radius 2 is 2.00 bits per heavy atom. The van der Waals surface area contributed by atoms with Gasteiger partial charge in [0, 0.05) is 17.7 Å². The lowest BCUT2D eigenvalue weighted by molar-refractivity contribution is -0.118. The van der Waals surface area contributed by atoms with Gasteiger partial charge in [-0.05, 0) is 70.4 Å². The summed E-state index contributed by atoms with van der Waals surface area (Å²) >= 11 is 3.71. The number of ketones is 1. The molecular formula is C27H29BrN4O3. The highest BCUT2D eigenvalue weighted by atomic mass is 79.9. The summed E-state index contributed by atoms with van der Waals surface area (Å²) < 4.78 is 14.8. The van der Waals surface area contributed by atoms with E-state index in [0.29, 0.717) is 37.1 Å². The third-order valence-electron chi connectivity index (χ3n) is 6.55. The fourth-order valence-electron chi connectivity index (χ4n) is 4.93. The second-order valence-corrected chi connectivity index (χ2v) is 10.7. The number of benzene rings is 2. The third kappa shape index (κ3) is 4.47. The Labute approximate surface area is 213 Å². The maximum atomic E-state index is 13.4. The van der Waals surface area contributed by atoms with Gasteiger partial charge in [-0.15, -0.1) is 0 Å². The van der Waals surface area contributed by atoms with Gasteiger partial charge in [0.05, 0.1) is 11.1 Å². The van der Waals surface area contributed by atoms with Crippen LogP contribution in [0.5, 0.6) is 11.5 Å². The first kappa shape index (κ1) is 23.6. The van der Waals surface area contributed by atoms with Gasteiger partial charge in [-0.3, -0.25) is 4.79 Å². The quantitative estimate of drug-likeness (QED) is 0.417. The number of allylic oxidation sites excluding steroid dienone is 2. The topological polar surface area (TPSA) is 78.3 Å². The monoisotopic (exact) mass is 536 g/mol. The Morgan fingerprint density at radius 3 is 2.77 bits per heavy atom. The van der Waals surface area contributed by atoms with Crippen molar-refractivity contribution in [2.75, 3.05) is 11.9 Å². The molecule has 8 heteroatoms. The molecule has 1 aromatic heterocycles. The van der Waals surface area contributed by atoms with E-state index >= 15 is 0 Å². The minimum Gasteiger partial charge on any atom is -0.490 e. The number of aryl methyl sites for hydroxylation is 1. The molecule has 35 heavy (non-hydrogen) atoms. The van der Waals surface area contributed by atoms with E-state index in [2.05, 4.69) is 64.2 Å². The highest BCUT2D eigenvalue weighted by molar-refractivity contribution is 9.10. The van der Waals surface area contributed by atoms with E-state index in [-0.39, 0.29) is 11.2 Å². The standard InChI is InChI=1S/C27H29BrN4O3/c1-5-34-22-11-18(10-19(28)25(22)35-14-17-9-7-6-8-16(17)2)24-23-20(12-27(3,4)13-21(23)33)31-26-29-15-30-32(24)26/h6-11,15,24H,5,12-14H2,1-4H3,(H,29,30,31). The summed E-state index contributed by atoms with van der Waals surface area (Å²) in [6.07, 6.45) is 2.78. The van der Waals surface area contributed by atoms with Crippen molar-refractivity contribution in [3.8, 4) is 11.5 Å². The predicted octanol–water partition coefficient (Wildman–Crippen LogP) is 5.98. The smallest absolute Gasteiger partial charge is 0.226 e. The molecule has 0 saturated carbocycles. The van der Waals surface area contributed by atoms with Gasteiger partial charge in [0.15, 0.2) is 17.3 Å². The molecule has 2 aromatic carbocycles. The zero-order valence-corrected chi connectivity index (χ0v) is 22.0. The van der Waals surface area contributed by atoms with Crippen molar-refractivity contribution in [2.24, 2.45) is 5.41 Å². The first-order valence-electron chi connectivity index (χ1n) is 11.8. The van der Waals surface area contributed by atoms with Gasteiger partial charge in [-0.2, -0.15) is 10.1 Å². The molecule has 1 aliphatic carbocycles. The van der Waals surface area contributed by atoms with Crippen molar-refractivity contribution in [1.29, 1.82) is 0 Å². The van der Waals surface area contributed by atoms with E-state index in [4.69, 9.17) is 9.47 Å². The van der Waals surface area contributed by atoms with E-state index in [1.807, 2.05) is 31.2 Å². The highest BCUT2D eigenvalue weighted by Crippen LogP contribution is 2.47. The molecule has 0 fully saturated rings. The Bertz CT molecular complexity index is 1330. The van der Waals surface area contributed by atoms with Gasteiger partial charge in [0.25, 0.3) is 0 Å². The molecule has 3 aromatic rings. The fraction of sp³-hybridized carbons (Fsp3) is 0.370. The zero-order valence-electron chi connectivity index (χ0n) is 20.4. The van der Waals surface area contributed by atoms with Gasteiger partial charge in [0.1, 0.15) is 19.0 Å². The third-order valence-corrected chi connectivity index (χ3v) is 7.14. The average molecular weight is 537 g/mol. The largest absolute Gasteiger partial charge is 0.490 e. The van der Waals surface area contributed by atoms with Crippen molar-refractivity contribution >= 4 is 27.7 Å². The SMILES string of the molecule is CCOc1cc(C2C3=C(CC(C)(C)CC3=O)Nc3ncnn32)cc(Br)c1OCc1ccccc1C. The summed E-state index contributed by atoms with van der Waals surface area (Å²) in [4.78, 5) is 17.8. The molecule has 5 rings (SSSR count). The summed E-state index contributed by atoms with van der Waals surface area (Å²) in [5.74, 6) is 2.02. The molecule has 0 radical (unpaired) electrons. The molecule has 7 nitrogen and oxygen atoms in total. The van der Waals surface area contributed by atoms with Crippen LogP contribution in [0.3, 0.4) is 0 Å². The number of nitrogens with one attached hydrogen (secondary N) is 1. The lowest BCUT2D eigenvalue weighted by Crippen LogP contribution is -2.36. The molecule has 0 saturated heterocycles. The summed E-state index contributed by atoms with van der Waals surface area (Å²) in [5.41, 5.74) is 4.72. The molecular weight excluding hydrogens is 508 g/mol. The van der Waals surface area contributed by atoms with E-state index < -0.39 is 6.04 Å². The Balaban J connectivity index is 1.57. The van der Waals surface area contributed by atoms with Crippen LogP contribution in [0.15, 0.2) is 58.5 Å². The number of halogens is 1. The minimum absolute atomic E-state index is 0.111. The first-order chi connectivity index (χ1) is 16.8. The van der Waals surface area contributed by atoms with Crippen LogP contribution >= 0.6 is 15.9 Å². The number of nitrogens with zero attached hydrogens (tertiary/aromatic N) is 3. The van der Waals surface area contributed by atoms with Crippen LogP contribution in [0.25, 0.3) is 0 Å². The van der Waals surface area contributed by atoms with Crippen LogP contribution in [0, 0.1) is 12.3 Å². The zero-order chi connectivity index (χ0) is 24.7. The number of carbonyl (C=O) groups is 1. The summed E-state index contributed by atoms with van der Waals surface area (Å²) in [6.45, 7) is 9.16. The number of carbonyl (C=O) groups excluding carboxylic acids is 1. The number of hydrogen-bond donors (Lipinski definition) is 1. The molecule has 0 spiro atoms. The highest BCUT2D eigenvalue weighted by Gasteiger charge is 2.41.